The average Bonchev–Trinajstić information content (AvgIpc) is 2.38. The van der Waals surface area contributed by atoms with Gasteiger partial charge in [0.1, 0.15) is 12.2 Å². The molecule has 1 amide bonds. The predicted molar refractivity (Wildman–Crippen MR) is 80.9 cm³/mol. The fourth-order valence-electron chi connectivity index (χ4n) is 2.00. The Hall–Kier alpha value is -1.85. The third kappa shape index (κ3) is 7.81. The van der Waals surface area contributed by atoms with Gasteiger partial charge < -0.3 is 14.8 Å². The molecule has 124 valence electrons. The highest BCUT2D eigenvalue weighted by Crippen LogP contribution is 2.16. The molecule has 6 nitrogen and oxygen atoms in total. The zero-order valence-electron chi connectivity index (χ0n) is 13.5. The van der Waals surface area contributed by atoms with E-state index in [4.69, 9.17) is 9.47 Å². The summed E-state index contributed by atoms with van der Waals surface area (Å²) in [7, 11) is 0. The van der Waals surface area contributed by atoms with E-state index in [1.807, 2.05) is 12.2 Å². The summed E-state index contributed by atoms with van der Waals surface area (Å²) in [4.78, 5) is 35.3. The number of esters is 2. The summed E-state index contributed by atoms with van der Waals surface area (Å²) in [6, 6.07) is 0. The second kappa shape index (κ2) is 8.56. The third-order valence-electron chi connectivity index (χ3n) is 2.97. The normalized spacial score (nSPS) is 21.1. The summed E-state index contributed by atoms with van der Waals surface area (Å²) < 4.78 is 10.2. The number of amides is 1. The second-order valence-corrected chi connectivity index (χ2v) is 6.24. The zero-order chi connectivity index (χ0) is 16.6. The van der Waals surface area contributed by atoms with Gasteiger partial charge in [-0.15, -0.1) is 0 Å². The number of hydrogen-bond acceptors (Lipinski definition) is 5. The van der Waals surface area contributed by atoms with Gasteiger partial charge in [-0.2, -0.15) is 0 Å². The van der Waals surface area contributed by atoms with Crippen LogP contribution >= 0.6 is 0 Å². The molecule has 0 aromatic rings. The molecule has 0 aromatic carbocycles. The monoisotopic (exact) mass is 311 g/mol. The Morgan fingerprint density at radius 1 is 1.36 bits per heavy atom. The zero-order valence-corrected chi connectivity index (χ0v) is 13.5. The van der Waals surface area contributed by atoms with Gasteiger partial charge in [0.25, 0.3) is 0 Å². The smallest absolute Gasteiger partial charge is 0.307 e. The first-order valence-electron chi connectivity index (χ1n) is 7.58. The maximum atomic E-state index is 12.1. The minimum absolute atomic E-state index is 0.0350. The Morgan fingerprint density at radius 2 is 2.09 bits per heavy atom. The molecule has 0 fully saturated rings. The summed E-state index contributed by atoms with van der Waals surface area (Å²) in [6.07, 6.45) is 5.02. The Kier molecular flexibility index (Phi) is 7.08. The van der Waals surface area contributed by atoms with Crippen molar-refractivity contribution in [3.05, 3.63) is 12.2 Å². The number of carbonyl (C=O) groups excluding carboxylic acids is 3. The lowest BCUT2D eigenvalue weighted by Crippen LogP contribution is -2.35. The molecule has 1 aliphatic rings. The lowest BCUT2D eigenvalue weighted by molar-refractivity contribution is -0.157. The predicted octanol–water partition coefficient (Wildman–Crippen LogP) is 1.73. The Labute approximate surface area is 131 Å². The Morgan fingerprint density at radius 3 is 2.77 bits per heavy atom. The maximum absolute atomic E-state index is 12.1. The minimum Gasteiger partial charge on any atom is -0.464 e. The van der Waals surface area contributed by atoms with Crippen molar-refractivity contribution in [2.75, 3.05) is 13.2 Å². The molecule has 0 aliphatic carbocycles. The maximum Gasteiger partial charge on any atom is 0.307 e. The van der Waals surface area contributed by atoms with E-state index < -0.39 is 11.5 Å². The highest BCUT2D eigenvalue weighted by atomic mass is 16.6. The number of hydrogen-bond donors (Lipinski definition) is 1. The number of cyclic esters (lactones) is 1. The van der Waals surface area contributed by atoms with E-state index in [0.717, 1.165) is 0 Å². The molecular weight excluding hydrogens is 286 g/mol. The van der Waals surface area contributed by atoms with Crippen LogP contribution in [0.3, 0.4) is 0 Å². The van der Waals surface area contributed by atoms with Crippen molar-refractivity contribution in [3.8, 4) is 0 Å². The van der Waals surface area contributed by atoms with Crippen molar-refractivity contribution >= 4 is 17.8 Å². The van der Waals surface area contributed by atoms with Gasteiger partial charge in [0, 0.05) is 6.42 Å². The fourth-order valence-corrected chi connectivity index (χ4v) is 2.00. The van der Waals surface area contributed by atoms with Crippen LogP contribution in [0.1, 0.15) is 46.5 Å². The van der Waals surface area contributed by atoms with E-state index in [2.05, 4.69) is 5.32 Å². The van der Waals surface area contributed by atoms with E-state index in [1.165, 1.54) is 0 Å². The van der Waals surface area contributed by atoms with Gasteiger partial charge >= 0.3 is 11.9 Å². The van der Waals surface area contributed by atoms with Gasteiger partial charge in [-0.3, -0.25) is 14.4 Å². The van der Waals surface area contributed by atoms with E-state index in [-0.39, 0.29) is 37.4 Å². The molecule has 0 saturated heterocycles. The molecule has 0 bridgehead atoms. The van der Waals surface area contributed by atoms with Gasteiger partial charge in [0.05, 0.1) is 18.9 Å². The van der Waals surface area contributed by atoms with Crippen LogP contribution in [-0.2, 0) is 23.9 Å². The second-order valence-electron chi connectivity index (χ2n) is 6.24. The first kappa shape index (κ1) is 18.2. The molecule has 0 spiro atoms. The van der Waals surface area contributed by atoms with Crippen LogP contribution in [0.2, 0.25) is 0 Å². The summed E-state index contributed by atoms with van der Waals surface area (Å²) in [5.74, 6) is -1.36. The standard InChI is InChI=1S/C16H25NO5/c1-16(2,3)22-14(19)11-12-7-5-4-6-8-13(18)21-10-9-17-15(12)20/h4-5,12H,6-11H2,1-3H3,(H,17,20). The van der Waals surface area contributed by atoms with Gasteiger partial charge in [-0.1, -0.05) is 12.2 Å². The molecule has 1 heterocycles. The molecule has 0 aromatic heterocycles. The first-order valence-corrected chi connectivity index (χ1v) is 7.58. The van der Waals surface area contributed by atoms with Crippen LogP contribution in [0.5, 0.6) is 0 Å². The van der Waals surface area contributed by atoms with Crippen molar-refractivity contribution in [2.45, 2.75) is 52.1 Å². The van der Waals surface area contributed by atoms with Gasteiger partial charge in [0.2, 0.25) is 5.91 Å². The van der Waals surface area contributed by atoms with Crippen LogP contribution in [0.4, 0.5) is 0 Å². The number of ether oxygens (including phenoxy) is 2. The summed E-state index contributed by atoms with van der Waals surface area (Å²) in [6.45, 7) is 5.77. The molecule has 22 heavy (non-hydrogen) atoms. The van der Waals surface area contributed by atoms with Crippen LogP contribution in [-0.4, -0.2) is 36.6 Å². The van der Waals surface area contributed by atoms with E-state index in [1.54, 1.807) is 20.8 Å². The first-order chi connectivity index (χ1) is 10.3. The van der Waals surface area contributed by atoms with Crippen LogP contribution in [0.25, 0.3) is 0 Å². The quantitative estimate of drug-likeness (QED) is 0.620. The molecule has 0 radical (unpaired) electrons. The molecule has 1 atom stereocenters. The van der Waals surface area contributed by atoms with E-state index in [9.17, 15) is 14.4 Å². The van der Waals surface area contributed by atoms with Crippen LogP contribution in [0.15, 0.2) is 12.2 Å². The van der Waals surface area contributed by atoms with Gasteiger partial charge in [-0.05, 0) is 33.6 Å². The molecule has 1 N–H and O–H groups in total. The molecule has 6 heteroatoms. The molecule has 0 saturated carbocycles. The van der Waals surface area contributed by atoms with Gasteiger partial charge in [0.15, 0.2) is 0 Å². The van der Waals surface area contributed by atoms with Crippen molar-refractivity contribution < 1.29 is 23.9 Å². The topological polar surface area (TPSA) is 81.7 Å². The Bertz CT molecular complexity index is 436. The molecular formula is C16H25NO5. The SMILES string of the molecule is CC(C)(C)OC(=O)CC1CC=CCCC(=O)OCCNC1=O. The number of rotatable bonds is 2. The van der Waals surface area contributed by atoms with Crippen molar-refractivity contribution in [1.29, 1.82) is 0 Å². The number of allylic oxidation sites excluding steroid dienone is 2. The highest BCUT2D eigenvalue weighted by molar-refractivity contribution is 5.84. The molecule has 1 rings (SSSR count). The molecule has 1 aliphatic heterocycles. The van der Waals surface area contributed by atoms with Crippen LogP contribution in [0, 0.1) is 5.92 Å². The van der Waals surface area contributed by atoms with Gasteiger partial charge in [-0.25, -0.2) is 0 Å². The third-order valence-corrected chi connectivity index (χ3v) is 2.97. The van der Waals surface area contributed by atoms with Crippen LogP contribution < -0.4 is 5.32 Å². The number of nitrogens with one attached hydrogen (secondary N) is 1. The minimum atomic E-state index is -0.566. The highest BCUT2D eigenvalue weighted by Gasteiger charge is 2.24. The summed E-state index contributed by atoms with van der Waals surface area (Å²) >= 11 is 0. The fraction of sp³-hybridized carbons (Fsp3) is 0.688. The van der Waals surface area contributed by atoms with Crippen molar-refractivity contribution in [2.24, 2.45) is 5.92 Å². The largest absolute Gasteiger partial charge is 0.464 e. The van der Waals surface area contributed by atoms with E-state index in [0.29, 0.717) is 19.3 Å². The lowest BCUT2D eigenvalue weighted by Gasteiger charge is -2.21. The van der Waals surface area contributed by atoms with E-state index >= 15 is 0 Å². The Balaban J connectivity index is 2.64. The lowest BCUT2D eigenvalue weighted by atomic mass is 9.99. The molecule has 1 unspecified atom stereocenters. The van der Waals surface area contributed by atoms with Crippen molar-refractivity contribution in [1.82, 2.24) is 5.32 Å². The average molecular weight is 311 g/mol. The summed E-state index contributed by atoms with van der Waals surface area (Å²) in [5.41, 5.74) is -0.566. The van der Waals surface area contributed by atoms with Crippen molar-refractivity contribution in [3.63, 3.8) is 0 Å². The number of carbonyl (C=O) groups is 3. The summed E-state index contributed by atoms with van der Waals surface area (Å²) in [5, 5.41) is 2.68.